The molecule has 0 amide bonds. The summed E-state index contributed by atoms with van der Waals surface area (Å²) in [6.07, 6.45) is 1.83. The molecule has 0 aliphatic carbocycles. The number of hydrogen-bond donors (Lipinski definition) is 0. The largest absolute Gasteiger partial charge is 2.00 e. The molecule has 0 saturated heterocycles. The Balaban J connectivity index is 0.00000320. The molecule has 0 unspecified atom stereocenters. The van der Waals surface area contributed by atoms with Crippen molar-refractivity contribution in [3.8, 4) is 17.1 Å². The Hall–Kier alpha value is -6.50. The average Bonchev–Trinajstić information content (AvgIpc) is 3.97. The molecule has 0 N–H and O–H groups in total. The van der Waals surface area contributed by atoms with Crippen molar-refractivity contribution >= 4 is 77.6 Å². The summed E-state index contributed by atoms with van der Waals surface area (Å²) in [5.74, 6) is 1.65. The Bertz CT molecular complexity index is 3390. The molecule has 0 atom stereocenters. The van der Waals surface area contributed by atoms with Crippen LogP contribution in [0.2, 0.25) is 0 Å². The number of benzene rings is 6. The molecule has 6 aromatic heterocycles. The predicted molar refractivity (Wildman–Crippen MR) is 202 cm³/mol. The first kappa shape index (κ1) is 29.2. The van der Waals surface area contributed by atoms with Crippen LogP contribution in [0.3, 0.4) is 0 Å². The molecule has 12 rings (SSSR count). The Morgan fingerprint density at radius 2 is 0.981 bits per heavy atom. The van der Waals surface area contributed by atoms with Crippen LogP contribution in [0, 0.1) is 12.1 Å². The van der Waals surface area contributed by atoms with Gasteiger partial charge in [-0.3, -0.25) is 13.4 Å². The van der Waals surface area contributed by atoms with Gasteiger partial charge in [0.1, 0.15) is 0 Å². The first-order chi connectivity index (χ1) is 25.3. The van der Waals surface area contributed by atoms with Gasteiger partial charge < -0.3 is 9.13 Å². The van der Waals surface area contributed by atoms with Crippen molar-refractivity contribution < 1.29 is 21.1 Å². The molecule has 0 radical (unpaired) electrons. The number of hydrogen-bond acceptors (Lipinski definition) is 3. The molecule has 0 saturated carbocycles. The molecule has 8 nitrogen and oxygen atoms in total. The first-order valence-electron chi connectivity index (χ1n) is 16.9. The summed E-state index contributed by atoms with van der Waals surface area (Å²) in [7, 11) is 0. The van der Waals surface area contributed by atoms with Crippen LogP contribution in [-0.2, 0) is 21.1 Å². The fourth-order valence-corrected chi connectivity index (χ4v) is 8.01. The van der Waals surface area contributed by atoms with E-state index in [1.807, 2.05) is 36.5 Å². The van der Waals surface area contributed by atoms with Crippen LogP contribution in [0.4, 0.5) is 0 Å². The second-order valence-corrected chi connectivity index (χ2v) is 12.9. The SMILES string of the molecule is [Pt+2].[c-]1c(-n2c3[c-]c(-n4c5ccccc5n5c6ccccc6nc45)ccc3c3ccccc32)cccc1-n1c2ncccc2n2c3ccccc3nc12. The molecule has 0 bridgehead atoms. The molecule has 6 heterocycles. The zero-order valence-electron chi connectivity index (χ0n) is 27.3. The number of pyridine rings is 1. The number of aromatic nitrogens is 8. The molecule has 52 heavy (non-hydrogen) atoms. The van der Waals surface area contributed by atoms with Crippen LogP contribution in [0.25, 0.3) is 94.7 Å². The van der Waals surface area contributed by atoms with E-state index in [0.717, 1.165) is 94.7 Å². The molecular weight excluding hydrogens is 824 g/mol. The summed E-state index contributed by atoms with van der Waals surface area (Å²) >= 11 is 0. The summed E-state index contributed by atoms with van der Waals surface area (Å²) in [5, 5.41) is 2.27. The quantitative estimate of drug-likeness (QED) is 0.167. The van der Waals surface area contributed by atoms with Crippen LogP contribution in [0.5, 0.6) is 0 Å². The Labute approximate surface area is 309 Å². The molecule has 0 fully saturated rings. The van der Waals surface area contributed by atoms with E-state index in [9.17, 15) is 0 Å². The van der Waals surface area contributed by atoms with Gasteiger partial charge in [0, 0.05) is 11.7 Å². The Morgan fingerprint density at radius 3 is 1.75 bits per heavy atom. The van der Waals surface area contributed by atoms with Gasteiger partial charge in [-0.25, -0.2) is 15.0 Å². The molecule has 12 aromatic rings. The van der Waals surface area contributed by atoms with Gasteiger partial charge in [-0.1, -0.05) is 77.2 Å². The van der Waals surface area contributed by atoms with E-state index in [1.165, 1.54) is 0 Å². The zero-order chi connectivity index (χ0) is 33.2. The van der Waals surface area contributed by atoms with Crippen molar-refractivity contribution in [3.63, 3.8) is 0 Å². The Kier molecular flexibility index (Phi) is 6.05. The predicted octanol–water partition coefficient (Wildman–Crippen LogP) is 9.27. The van der Waals surface area contributed by atoms with Gasteiger partial charge in [-0.15, -0.1) is 35.7 Å². The van der Waals surface area contributed by atoms with Gasteiger partial charge >= 0.3 is 21.1 Å². The number of nitrogens with zero attached hydrogens (tertiary/aromatic N) is 8. The third-order valence-corrected chi connectivity index (χ3v) is 10.1. The van der Waals surface area contributed by atoms with E-state index in [0.29, 0.717) is 0 Å². The van der Waals surface area contributed by atoms with Gasteiger partial charge in [0.05, 0.1) is 38.6 Å². The minimum absolute atomic E-state index is 0. The van der Waals surface area contributed by atoms with Crippen molar-refractivity contribution in [2.24, 2.45) is 0 Å². The second kappa shape index (κ2) is 10.8. The number of imidazole rings is 4. The summed E-state index contributed by atoms with van der Waals surface area (Å²) in [5.41, 5.74) is 12.7. The summed E-state index contributed by atoms with van der Waals surface area (Å²) in [4.78, 5) is 15.0. The molecular formula is C43H24N8Pt. The normalized spacial score (nSPS) is 12.1. The van der Waals surface area contributed by atoms with Crippen LogP contribution < -0.4 is 0 Å². The molecule has 0 aliphatic heterocycles. The molecule has 246 valence electrons. The van der Waals surface area contributed by atoms with Crippen molar-refractivity contribution in [3.05, 3.63) is 158 Å². The first-order valence-corrected chi connectivity index (χ1v) is 16.9. The fraction of sp³-hybridized carbons (Fsp3) is 0. The molecule has 0 spiro atoms. The minimum atomic E-state index is 0. The van der Waals surface area contributed by atoms with E-state index in [-0.39, 0.29) is 21.1 Å². The van der Waals surface area contributed by atoms with Crippen LogP contribution >= 0.6 is 0 Å². The van der Waals surface area contributed by atoms with E-state index in [2.05, 4.69) is 144 Å². The van der Waals surface area contributed by atoms with Gasteiger partial charge in [0.2, 0.25) is 11.6 Å². The van der Waals surface area contributed by atoms with Crippen molar-refractivity contribution in [2.45, 2.75) is 0 Å². The Morgan fingerprint density at radius 1 is 0.404 bits per heavy atom. The van der Waals surface area contributed by atoms with E-state index >= 15 is 0 Å². The van der Waals surface area contributed by atoms with Crippen LogP contribution in [-0.4, -0.2) is 37.5 Å². The molecule has 0 aliphatic rings. The summed E-state index contributed by atoms with van der Waals surface area (Å²) in [6, 6.07) is 55.9. The number of fused-ring (bicyclic) bond motifs is 13. The van der Waals surface area contributed by atoms with Gasteiger partial charge in [-0.2, -0.15) is 12.1 Å². The standard InChI is InChI=1S/C43H24N8.Pt/c1-4-16-34-30(13-1)31-23-22-29(48-37-19-7-8-20-38(37)50-35-17-5-2-14-32(35)45-42(48)50)26-40(31)47(34)27-11-9-12-28(25-27)49-41-39(21-10-24-44-41)51-36-18-6-3-15-33(36)46-43(49)51;/h1-24H;/q-2;+2. The minimum Gasteiger partial charge on any atom is -0.358 e. The van der Waals surface area contributed by atoms with E-state index < -0.39 is 0 Å². The molecule has 9 heteroatoms. The fourth-order valence-electron chi connectivity index (χ4n) is 8.01. The smallest absolute Gasteiger partial charge is 0.358 e. The zero-order valence-corrected chi connectivity index (χ0v) is 29.5. The maximum absolute atomic E-state index is 5.11. The summed E-state index contributed by atoms with van der Waals surface area (Å²) in [6.45, 7) is 0. The van der Waals surface area contributed by atoms with Gasteiger partial charge in [0.25, 0.3) is 0 Å². The monoisotopic (exact) mass is 847 g/mol. The van der Waals surface area contributed by atoms with E-state index in [1.54, 1.807) is 0 Å². The maximum Gasteiger partial charge on any atom is 2.00 e. The number of rotatable bonds is 3. The number of para-hydroxylation sites is 7. The average molecular weight is 848 g/mol. The van der Waals surface area contributed by atoms with E-state index in [4.69, 9.17) is 15.0 Å². The third-order valence-electron chi connectivity index (χ3n) is 10.1. The van der Waals surface area contributed by atoms with Crippen molar-refractivity contribution in [1.82, 2.24) is 37.5 Å². The van der Waals surface area contributed by atoms with Gasteiger partial charge in [0.15, 0.2) is 5.65 Å². The van der Waals surface area contributed by atoms with Crippen molar-refractivity contribution in [1.29, 1.82) is 0 Å². The van der Waals surface area contributed by atoms with Crippen molar-refractivity contribution in [2.75, 3.05) is 0 Å². The maximum atomic E-state index is 5.11. The van der Waals surface area contributed by atoms with Crippen LogP contribution in [0.15, 0.2) is 146 Å². The summed E-state index contributed by atoms with van der Waals surface area (Å²) < 4.78 is 11.0. The van der Waals surface area contributed by atoms with Crippen LogP contribution in [0.1, 0.15) is 0 Å². The second-order valence-electron chi connectivity index (χ2n) is 12.9. The molecule has 6 aromatic carbocycles. The third kappa shape index (κ3) is 3.82. The topological polar surface area (TPSA) is 62.3 Å². The van der Waals surface area contributed by atoms with Gasteiger partial charge in [-0.05, 0) is 60.0 Å².